The molecule has 0 bridgehead atoms. The number of aromatic nitrogens is 4. The standard InChI is InChI=1S/C16H9Cl3F7N5S2/c1-5(15(23,24)25)31(33-16(18,19)26)12-10(9-7(21)3-6(20)4-8(9)22)11(17)27-13-28-14(32-2)29-30(12)13/h3-5H,1-2H3. The number of thioether (sulfide) groups is 1. The third-order valence-corrected chi connectivity index (χ3v) is 6.19. The minimum atomic E-state index is -5.02. The van der Waals surface area contributed by atoms with Crippen molar-refractivity contribution in [3.05, 3.63) is 34.7 Å². The summed E-state index contributed by atoms with van der Waals surface area (Å²) in [7, 11) is 0. The Morgan fingerprint density at radius 3 is 2.09 bits per heavy atom. The zero-order chi connectivity index (χ0) is 24.9. The van der Waals surface area contributed by atoms with Gasteiger partial charge < -0.3 is 0 Å². The number of halogens is 10. The molecule has 0 radical (unpaired) electrons. The molecule has 2 heterocycles. The number of fused-ring (bicyclic) bond motifs is 1. The maximum absolute atomic E-state index is 14.7. The van der Waals surface area contributed by atoms with E-state index in [-0.39, 0.29) is 39.3 Å². The van der Waals surface area contributed by atoms with E-state index < -0.39 is 55.7 Å². The van der Waals surface area contributed by atoms with Crippen molar-refractivity contribution < 1.29 is 30.7 Å². The highest BCUT2D eigenvalue weighted by Gasteiger charge is 2.46. The quantitative estimate of drug-likeness (QED) is 0.103. The van der Waals surface area contributed by atoms with Crippen LogP contribution in [0.1, 0.15) is 6.92 Å². The monoisotopic (exact) mass is 573 g/mol. The lowest BCUT2D eigenvalue weighted by molar-refractivity contribution is -0.141. The van der Waals surface area contributed by atoms with E-state index >= 15 is 0 Å². The zero-order valence-corrected chi connectivity index (χ0v) is 20.0. The van der Waals surface area contributed by atoms with E-state index in [0.29, 0.717) is 11.4 Å². The third kappa shape index (κ3) is 5.50. The molecule has 0 saturated carbocycles. The second kappa shape index (κ2) is 9.36. The summed E-state index contributed by atoms with van der Waals surface area (Å²) in [5.74, 6) is -5.52. The predicted molar refractivity (Wildman–Crippen MR) is 114 cm³/mol. The second-order valence-corrected chi connectivity index (χ2v) is 10.2. The number of benzene rings is 1. The molecule has 17 heteroatoms. The van der Waals surface area contributed by atoms with Gasteiger partial charge in [-0.1, -0.05) is 46.6 Å². The Bertz CT molecular complexity index is 1180. The summed E-state index contributed by atoms with van der Waals surface area (Å²) in [6.07, 6.45) is -3.49. The Kier molecular flexibility index (Phi) is 7.45. The first-order chi connectivity index (χ1) is 15.1. The molecule has 3 aromatic rings. The van der Waals surface area contributed by atoms with Crippen LogP contribution >= 0.6 is 58.5 Å². The van der Waals surface area contributed by atoms with Crippen LogP contribution in [0.25, 0.3) is 16.9 Å². The molecule has 5 nitrogen and oxygen atoms in total. The van der Waals surface area contributed by atoms with Crippen molar-refractivity contribution in [2.75, 3.05) is 10.6 Å². The van der Waals surface area contributed by atoms with Crippen molar-refractivity contribution in [3.63, 3.8) is 0 Å². The van der Waals surface area contributed by atoms with E-state index in [2.05, 4.69) is 15.1 Å². The van der Waals surface area contributed by atoms with E-state index in [1.807, 2.05) is 0 Å². The summed E-state index contributed by atoms with van der Waals surface area (Å²) in [6.45, 7) is 0.611. The molecule has 0 N–H and O–H groups in total. The average Bonchev–Trinajstić information content (AvgIpc) is 3.06. The highest BCUT2D eigenvalue weighted by Crippen LogP contribution is 2.49. The van der Waals surface area contributed by atoms with Crippen molar-refractivity contribution in [1.29, 1.82) is 0 Å². The van der Waals surface area contributed by atoms with Crippen molar-refractivity contribution >= 4 is 70.1 Å². The van der Waals surface area contributed by atoms with Crippen LogP contribution in [0, 0.1) is 17.5 Å². The number of nitrogens with zero attached hydrogens (tertiary/aromatic N) is 5. The second-order valence-electron chi connectivity index (χ2n) is 6.24. The number of rotatable bonds is 6. The highest BCUT2D eigenvalue weighted by molar-refractivity contribution is 8.04. The Morgan fingerprint density at radius 1 is 1.03 bits per heavy atom. The van der Waals surface area contributed by atoms with Crippen molar-refractivity contribution in [2.24, 2.45) is 0 Å². The molecular formula is C16H9Cl3F7N5S2. The molecule has 0 aliphatic carbocycles. The van der Waals surface area contributed by atoms with Gasteiger partial charge in [-0.15, -0.1) is 5.10 Å². The Labute approximate surface area is 204 Å². The van der Waals surface area contributed by atoms with Gasteiger partial charge in [0.25, 0.3) is 5.78 Å². The molecule has 180 valence electrons. The Hall–Kier alpha value is -1.35. The largest absolute Gasteiger partial charge is 0.409 e. The minimum absolute atomic E-state index is 0.00936. The molecular weight excluding hydrogens is 566 g/mol. The summed E-state index contributed by atoms with van der Waals surface area (Å²) in [5, 5.41) is 3.21. The highest BCUT2D eigenvalue weighted by atomic mass is 35.5. The molecule has 0 fully saturated rings. The van der Waals surface area contributed by atoms with Gasteiger partial charge in [0.05, 0.1) is 11.1 Å². The summed E-state index contributed by atoms with van der Waals surface area (Å²) < 4.78 is 95.7. The van der Waals surface area contributed by atoms with Crippen LogP contribution in [0.15, 0.2) is 17.3 Å². The first-order valence-electron chi connectivity index (χ1n) is 8.41. The topological polar surface area (TPSA) is 46.3 Å². The van der Waals surface area contributed by atoms with Gasteiger partial charge in [-0.05, 0) is 13.2 Å². The zero-order valence-electron chi connectivity index (χ0n) is 16.1. The van der Waals surface area contributed by atoms with Crippen LogP contribution in [0.4, 0.5) is 36.6 Å². The lowest BCUT2D eigenvalue weighted by atomic mass is 10.1. The predicted octanol–water partition coefficient (Wildman–Crippen LogP) is 7.05. The molecule has 1 unspecified atom stereocenters. The van der Waals surface area contributed by atoms with E-state index in [4.69, 9.17) is 34.8 Å². The third-order valence-electron chi connectivity index (χ3n) is 4.07. The fourth-order valence-corrected chi connectivity index (χ4v) is 4.47. The number of hydrogen-bond donors (Lipinski definition) is 0. The minimum Gasteiger partial charge on any atom is -0.283 e. The molecule has 0 spiro atoms. The Morgan fingerprint density at radius 2 is 1.61 bits per heavy atom. The maximum Gasteiger partial charge on any atom is 0.409 e. The maximum atomic E-state index is 14.7. The normalized spacial score (nSPS) is 13.6. The molecule has 2 aromatic heterocycles. The van der Waals surface area contributed by atoms with Crippen molar-refractivity contribution in [2.45, 2.75) is 28.2 Å². The van der Waals surface area contributed by atoms with Gasteiger partial charge in [-0.3, -0.25) is 4.31 Å². The fraction of sp³-hybridized carbons (Fsp3) is 0.312. The number of anilines is 1. The first-order valence-corrected chi connectivity index (χ1v) is 11.5. The van der Waals surface area contributed by atoms with Crippen LogP contribution in [-0.4, -0.2) is 42.0 Å². The molecule has 0 aliphatic rings. The van der Waals surface area contributed by atoms with E-state index in [1.165, 1.54) is 6.26 Å². The summed E-state index contributed by atoms with van der Waals surface area (Å²) in [4.78, 5) is 7.77. The SMILES string of the molecule is CSc1nc2nc(Cl)c(-c3c(F)cc(F)cc3F)c(N(SC(F)(Cl)Cl)C(C)C(F)(F)F)n2n1. The molecule has 0 amide bonds. The van der Waals surface area contributed by atoms with Gasteiger partial charge in [-0.25, -0.2) is 13.2 Å². The van der Waals surface area contributed by atoms with Gasteiger partial charge in [0.2, 0.25) is 5.16 Å². The van der Waals surface area contributed by atoms with Crippen LogP contribution in [0.3, 0.4) is 0 Å². The van der Waals surface area contributed by atoms with Gasteiger partial charge in [0.1, 0.15) is 28.6 Å². The van der Waals surface area contributed by atoms with Crippen LogP contribution in [0.2, 0.25) is 5.15 Å². The van der Waals surface area contributed by atoms with Crippen LogP contribution in [0.5, 0.6) is 0 Å². The Balaban J connectivity index is 2.49. The van der Waals surface area contributed by atoms with Gasteiger partial charge in [0.15, 0.2) is 5.82 Å². The van der Waals surface area contributed by atoms with Crippen LogP contribution in [-0.2, 0) is 0 Å². The average molecular weight is 575 g/mol. The van der Waals surface area contributed by atoms with Gasteiger partial charge in [-0.2, -0.15) is 32.0 Å². The summed E-state index contributed by atoms with van der Waals surface area (Å²) >= 11 is 17.4. The summed E-state index contributed by atoms with van der Waals surface area (Å²) in [6, 6.07) is -1.99. The molecule has 1 aromatic carbocycles. The lowest BCUT2D eigenvalue weighted by Crippen LogP contribution is -2.42. The van der Waals surface area contributed by atoms with Crippen LogP contribution < -0.4 is 4.31 Å². The molecule has 3 rings (SSSR count). The van der Waals surface area contributed by atoms with Crippen molar-refractivity contribution in [1.82, 2.24) is 19.6 Å². The fourth-order valence-electron chi connectivity index (χ4n) is 2.68. The lowest BCUT2D eigenvalue weighted by Gasteiger charge is -2.33. The molecule has 0 saturated heterocycles. The molecule has 1 atom stereocenters. The van der Waals surface area contributed by atoms with E-state index in [0.717, 1.165) is 11.8 Å². The first kappa shape index (κ1) is 26.3. The van der Waals surface area contributed by atoms with E-state index in [1.54, 1.807) is 0 Å². The number of hydrogen-bond acceptors (Lipinski definition) is 6. The number of alkyl halides is 6. The molecule has 0 aliphatic heterocycles. The molecule has 33 heavy (non-hydrogen) atoms. The smallest absolute Gasteiger partial charge is 0.283 e. The van der Waals surface area contributed by atoms with E-state index in [9.17, 15) is 30.7 Å². The van der Waals surface area contributed by atoms with Gasteiger partial charge in [0, 0.05) is 24.1 Å². The van der Waals surface area contributed by atoms with Gasteiger partial charge >= 0.3 is 10.1 Å². The van der Waals surface area contributed by atoms with Crippen molar-refractivity contribution in [3.8, 4) is 11.1 Å². The summed E-state index contributed by atoms with van der Waals surface area (Å²) in [5.41, 5.74) is -1.83.